The number of allylic oxidation sites excluding steroid dienone is 1. The Kier molecular flexibility index (Phi) is 6.49. The van der Waals surface area contributed by atoms with Gasteiger partial charge in [-0.05, 0) is 24.6 Å². The van der Waals surface area contributed by atoms with Crippen molar-refractivity contribution in [2.45, 2.75) is 23.9 Å². The molecule has 28 heavy (non-hydrogen) atoms. The Bertz CT molecular complexity index is 956. The highest BCUT2D eigenvalue weighted by atomic mass is 32.2. The third-order valence-corrected chi connectivity index (χ3v) is 5.35. The highest BCUT2D eigenvalue weighted by Crippen LogP contribution is 2.35. The first-order valence-electron chi connectivity index (χ1n) is 8.79. The molecule has 0 fully saturated rings. The molecule has 0 saturated heterocycles. The number of nitrogens with one attached hydrogen (secondary N) is 1. The van der Waals surface area contributed by atoms with Crippen LogP contribution in [0.2, 0.25) is 0 Å². The number of anilines is 1. The first-order chi connectivity index (χ1) is 13.6. The van der Waals surface area contributed by atoms with Gasteiger partial charge in [0, 0.05) is 18.3 Å². The van der Waals surface area contributed by atoms with Crippen molar-refractivity contribution in [1.82, 2.24) is 14.8 Å². The fourth-order valence-electron chi connectivity index (χ4n) is 2.70. The van der Waals surface area contributed by atoms with E-state index >= 15 is 0 Å². The number of hydrogen-bond acceptors (Lipinski definition) is 5. The number of methoxy groups -OCH3 is 1. The third kappa shape index (κ3) is 4.61. The molecule has 3 rings (SSSR count). The van der Waals surface area contributed by atoms with Gasteiger partial charge in [-0.1, -0.05) is 54.2 Å². The largest absolute Gasteiger partial charge is 0.497 e. The predicted octanol–water partition coefficient (Wildman–Crippen LogP) is 4.25. The van der Waals surface area contributed by atoms with Gasteiger partial charge in [0.15, 0.2) is 5.16 Å². The number of benzene rings is 2. The Morgan fingerprint density at radius 3 is 2.75 bits per heavy atom. The number of hydrogen-bond donors (Lipinski definition) is 1. The Labute approximate surface area is 168 Å². The Balaban J connectivity index is 1.89. The van der Waals surface area contributed by atoms with Crippen LogP contribution in [0, 0.1) is 6.92 Å². The van der Waals surface area contributed by atoms with E-state index in [0.29, 0.717) is 23.1 Å². The lowest BCUT2D eigenvalue weighted by Crippen LogP contribution is -2.19. The standard InChI is InChI=1S/C21H22N4O2S/c1-4-13-25-15(2)23-24-21(25)28-19(16-9-6-5-7-10-16)20(26)22-17-11-8-12-18(14-17)27-3/h4-12,14,19H,1,13H2,2-3H3,(H,22,26)/t19-/m1/s1. The van der Waals surface area contributed by atoms with E-state index in [0.717, 1.165) is 11.4 Å². The molecule has 0 aliphatic heterocycles. The SMILES string of the molecule is C=CCn1c(C)nnc1S[C@@H](C(=O)Nc1cccc(OC)c1)c1ccccc1. The molecule has 3 aromatic rings. The first kappa shape index (κ1) is 19.7. The quantitative estimate of drug-likeness (QED) is 0.457. The van der Waals surface area contributed by atoms with E-state index < -0.39 is 5.25 Å². The Morgan fingerprint density at radius 1 is 1.25 bits per heavy atom. The summed E-state index contributed by atoms with van der Waals surface area (Å²) >= 11 is 1.36. The normalized spacial score (nSPS) is 11.6. The number of rotatable bonds is 8. The molecule has 0 unspecified atom stereocenters. The third-order valence-electron chi connectivity index (χ3n) is 4.11. The number of ether oxygens (including phenoxy) is 1. The van der Waals surface area contributed by atoms with Crippen LogP contribution in [0.25, 0.3) is 0 Å². The lowest BCUT2D eigenvalue weighted by molar-refractivity contribution is -0.115. The van der Waals surface area contributed by atoms with Gasteiger partial charge in [-0.3, -0.25) is 4.79 Å². The van der Waals surface area contributed by atoms with E-state index in [9.17, 15) is 4.79 Å². The van der Waals surface area contributed by atoms with Crippen LogP contribution in [0.1, 0.15) is 16.6 Å². The zero-order valence-electron chi connectivity index (χ0n) is 15.8. The van der Waals surface area contributed by atoms with Crippen molar-refractivity contribution in [3.05, 3.63) is 78.6 Å². The summed E-state index contributed by atoms with van der Waals surface area (Å²) in [4.78, 5) is 13.1. The summed E-state index contributed by atoms with van der Waals surface area (Å²) in [6, 6.07) is 16.9. The van der Waals surface area contributed by atoms with E-state index in [1.807, 2.05) is 60.0 Å². The van der Waals surface area contributed by atoms with Crippen LogP contribution in [0.4, 0.5) is 5.69 Å². The molecule has 1 N–H and O–H groups in total. The molecule has 1 heterocycles. The van der Waals surface area contributed by atoms with E-state index in [1.54, 1.807) is 19.3 Å². The minimum absolute atomic E-state index is 0.143. The average molecular weight is 395 g/mol. The zero-order chi connectivity index (χ0) is 19.9. The monoisotopic (exact) mass is 394 g/mol. The van der Waals surface area contributed by atoms with Gasteiger partial charge in [0.1, 0.15) is 16.8 Å². The van der Waals surface area contributed by atoms with Crippen LogP contribution in [0.15, 0.2) is 72.4 Å². The van der Waals surface area contributed by atoms with Gasteiger partial charge < -0.3 is 14.6 Å². The van der Waals surface area contributed by atoms with Crippen LogP contribution in [0.5, 0.6) is 5.75 Å². The maximum Gasteiger partial charge on any atom is 0.242 e. The number of aromatic nitrogens is 3. The van der Waals surface area contributed by atoms with Gasteiger partial charge in [0.25, 0.3) is 0 Å². The number of aryl methyl sites for hydroxylation is 1. The fraction of sp³-hybridized carbons (Fsp3) is 0.190. The molecule has 1 atom stereocenters. The molecule has 0 saturated carbocycles. The van der Waals surface area contributed by atoms with Crippen molar-refractivity contribution in [3.8, 4) is 5.75 Å². The number of amides is 1. The molecule has 0 spiro atoms. The summed E-state index contributed by atoms with van der Waals surface area (Å²) in [6.45, 7) is 6.25. The zero-order valence-corrected chi connectivity index (χ0v) is 16.6. The van der Waals surface area contributed by atoms with Crippen molar-refractivity contribution in [1.29, 1.82) is 0 Å². The van der Waals surface area contributed by atoms with E-state index in [2.05, 4.69) is 22.1 Å². The molecule has 6 nitrogen and oxygen atoms in total. The highest BCUT2D eigenvalue weighted by Gasteiger charge is 2.25. The van der Waals surface area contributed by atoms with Gasteiger partial charge in [-0.25, -0.2) is 0 Å². The van der Waals surface area contributed by atoms with Crippen LogP contribution in [-0.2, 0) is 11.3 Å². The van der Waals surface area contributed by atoms with Crippen molar-refractivity contribution in [3.63, 3.8) is 0 Å². The second-order valence-electron chi connectivity index (χ2n) is 6.06. The topological polar surface area (TPSA) is 69.0 Å². The Hall–Kier alpha value is -3.06. The van der Waals surface area contributed by atoms with Crippen molar-refractivity contribution in [2.75, 3.05) is 12.4 Å². The molecule has 1 aromatic heterocycles. The van der Waals surface area contributed by atoms with Crippen molar-refractivity contribution >= 4 is 23.4 Å². The first-order valence-corrected chi connectivity index (χ1v) is 9.67. The van der Waals surface area contributed by atoms with Gasteiger partial charge in [0.2, 0.25) is 5.91 Å². The van der Waals surface area contributed by atoms with E-state index in [4.69, 9.17) is 4.74 Å². The van der Waals surface area contributed by atoms with Crippen LogP contribution >= 0.6 is 11.8 Å². The highest BCUT2D eigenvalue weighted by molar-refractivity contribution is 8.00. The maximum absolute atomic E-state index is 13.1. The number of carbonyl (C=O) groups excluding carboxylic acids is 1. The molecule has 2 aromatic carbocycles. The second-order valence-corrected chi connectivity index (χ2v) is 7.13. The summed E-state index contributed by atoms with van der Waals surface area (Å²) in [6.07, 6.45) is 1.79. The minimum atomic E-state index is -0.487. The molecule has 1 amide bonds. The van der Waals surface area contributed by atoms with Crippen LogP contribution in [0.3, 0.4) is 0 Å². The molecular formula is C21H22N4O2S. The summed E-state index contributed by atoms with van der Waals surface area (Å²) < 4.78 is 7.17. The van der Waals surface area contributed by atoms with Gasteiger partial charge in [-0.15, -0.1) is 16.8 Å². The fourth-order valence-corrected chi connectivity index (χ4v) is 3.79. The van der Waals surface area contributed by atoms with Crippen LogP contribution < -0.4 is 10.1 Å². The minimum Gasteiger partial charge on any atom is -0.497 e. The van der Waals surface area contributed by atoms with Gasteiger partial charge in [-0.2, -0.15) is 0 Å². The lowest BCUT2D eigenvalue weighted by Gasteiger charge is -2.17. The summed E-state index contributed by atoms with van der Waals surface area (Å²) in [5, 5.41) is 11.6. The smallest absolute Gasteiger partial charge is 0.242 e. The van der Waals surface area contributed by atoms with Gasteiger partial charge >= 0.3 is 0 Å². The van der Waals surface area contributed by atoms with Crippen molar-refractivity contribution in [2.24, 2.45) is 0 Å². The summed E-state index contributed by atoms with van der Waals surface area (Å²) in [5.41, 5.74) is 1.56. The van der Waals surface area contributed by atoms with Crippen molar-refractivity contribution < 1.29 is 9.53 Å². The Morgan fingerprint density at radius 2 is 2.04 bits per heavy atom. The molecular weight excluding hydrogens is 372 g/mol. The molecule has 0 aliphatic rings. The van der Waals surface area contributed by atoms with Gasteiger partial charge in [0.05, 0.1) is 7.11 Å². The molecule has 0 radical (unpaired) electrons. The van der Waals surface area contributed by atoms with E-state index in [1.165, 1.54) is 11.8 Å². The number of nitrogens with zero attached hydrogens (tertiary/aromatic N) is 3. The van der Waals surface area contributed by atoms with E-state index in [-0.39, 0.29) is 5.91 Å². The average Bonchev–Trinajstić information content (AvgIpc) is 3.06. The molecule has 7 heteroatoms. The molecule has 0 bridgehead atoms. The summed E-state index contributed by atoms with van der Waals surface area (Å²) in [5.74, 6) is 1.32. The van der Waals surface area contributed by atoms with Crippen LogP contribution in [-0.4, -0.2) is 27.8 Å². The molecule has 0 aliphatic carbocycles. The maximum atomic E-state index is 13.1. The molecule has 144 valence electrons. The summed E-state index contributed by atoms with van der Waals surface area (Å²) in [7, 11) is 1.60. The predicted molar refractivity (Wildman–Crippen MR) is 112 cm³/mol. The lowest BCUT2D eigenvalue weighted by atomic mass is 10.1. The second kappa shape index (κ2) is 9.23. The number of carbonyl (C=O) groups is 1. The number of thioether (sulfide) groups is 1.